The molecule has 0 amide bonds. The van der Waals surface area contributed by atoms with Crippen LogP contribution in [0.1, 0.15) is 19.3 Å². The summed E-state index contributed by atoms with van der Waals surface area (Å²) in [7, 11) is -3.29. The van der Waals surface area contributed by atoms with E-state index >= 15 is 0 Å². The van der Waals surface area contributed by atoms with Gasteiger partial charge in [-0.15, -0.1) is 0 Å². The Morgan fingerprint density at radius 2 is 1.88 bits per heavy atom. The molecule has 2 aliphatic rings. The van der Waals surface area contributed by atoms with Crippen molar-refractivity contribution >= 4 is 44.4 Å². The van der Waals surface area contributed by atoms with Gasteiger partial charge in [-0.05, 0) is 49.4 Å². The molecule has 166 valence electrons. The van der Waals surface area contributed by atoms with E-state index in [1.807, 2.05) is 6.21 Å². The predicted octanol–water partition coefficient (Wildman–Crippen LogP) is 1.92. The molecular formula is C21H23N7O3S. The van der Waals surface area contributed by atoms with Gasteiger partial charge in [-0.3, -0.25) is 9.79 Å². The summed E-state index contributed by atoms with van der Waals surface area (Å²) in [6.45, 7) is 1.67. The Hall–Kier alpha value is -3.34. The summed E-state index contributed by atoms with van der Waals surface area (Å²) in [6.07, 6.45) is 7.88. The first-order valence-electron chi connectivity index (χ1n) is 10.5. The fourth-order valence-corrected chi connectivity index (χ4v) is 4.67. The molecule has 3 aromatic rings. The number of nitrogens with one attached hydrogen (secondary N) is 2. The molecule has 0 radical (unpaired) electrons. The first-order valence-corrected chi connectivity index (χ1v) is 12.4. The van der Waals surface area contributed by atoms with E-state index < -0.39 is 15.4 Å². The number of H-pyrrole nitrogens is 1. The number of hydrogen-bond acceptors (Lipinski definition) is 9. The van der Waals surface area contributed by atoms with Gasteiger partial charge in [0.2, 0.25) is 5.95 Å². The highest BCUT2D eigenvalue weighted by Gasteiger charge is 2.26. The minimum Gasteiger partial charge on any atom is -0.341 e. The topological polar surface area (TPSA) is 133 Å². The SMILES string of the molecule is CS(=O)(=O)c1ccc(Nc2nc(N3CCC(CC4C=N4)CC3)nc3cn[nH]c(=O)c23)cc1. The van der Waals surface area contributed by atoms with Gasteiger partial charge in [0.25, 0.3) is 5.56 Å². The second-order valence-corrected chi connectivity index (χ2v) is 10.3. The molecule has 0 spiro atoms. The number of fused-ring (bicyclic) bond motifs is 1. The van der Waals surface area contributed by atoms with E-state index in [0.717, 1.165) is 38.6 Å². The molecule has 1 atom stereocenters. The van der Waals surface area contributed by atoms with Crippen molar-refractivity contribution in [1.82, 2.24) is 20.2 Å². The summed E-state index contributed by atoms with van der Waals surface area (Å²) >= 11 is 0. The van der Waals surface area contributed by atoms with Gasteiger partial charge in [-0.25, -0.2) is 18.5 Å². The van der Waals surface area contributed by atoms with Crippen LogP contribution in [-0.4, -0.2) is 60.2 Å². The highest BCUT2D eigenvalue weighted by molar-refractivity contribution is 7.90. The second kappa shape index (κ2) is 7.97. The average molecular weight is 454 g/mol. The molecule has 32 heavy (non-hydrogen) atoms. The molecule has 2 N–H and O–H groups in total. The van der Waals surface area contributed by atoms with Crippen molar-refractivity contribution in [3.63, 3.8) is 0 Å². The smallest absolute Gasteiger partial charge is 0.277 e. The molecule has 0 saturated carbocycles. The molecule has 2 aliphatic heterocycles. The molecule has 11 heteroatoms. The fourth-order valence-electron chi connectivity index (χ4n) is 4.04. The molecule has 0 aliphatic carbocycles. The first-order chi connectivity index (χ1) is 15.4. The molecular weight excluding hydrogens is 430 g/mol. The molecule has 4 heterocycles. The molecule has 1 saturated heterocycles. The maximum Gasteiger partial charge on any atom is 0.277 e. The van der Waals surface area contributed by atoms with E-state index in [1.54, 1.807) is 12.1 Å². The van der Waals surface area contributed by atoms with Gasteiger partial charge < -0.3 is 10.2 Å². The Kier molecular flexibility index (Phi) is 5.12. The van der Waals surface area contributed by atoms with Crippen LogP contribution < -0.4 is 15.8 Å². The molecule has 1 fully saturated rings. The largest absolute Gasteiger partial charge is 0.341 e. The van der Waals surface area contributed by atoms with E-state index in [9.17, 15) is 13.2 Å². The lowest BCUT2D eigenvalue weighted by atomic mass is 9.92. The summed E-state index contributed by atoms with van der Waals surface area (Å²) < 4.78 is 23.4. The highest BCUT2D eigenvalue weighted by atomic mass is 32.2. The quantitative estimate of drug-likeness (QED) is 0.578. The maximum atomic E-state index is 12.5. The van der Waals surface area contributed by atoms with Crippen molar-refractivity contribution in [2.75, 3.05) is 29.6 Å². The lowest BCUT2D eigenvalue weighted by Gasteiger charge is -2.32. The summed E-state index contributed by atoms with van der Waals surface area (Å²) in [4.78, 5) is 28.3. The van der Waals surface area contributed by atoms with E-state index in [2.05, 4.69) is 35.4 Å². The molecule has 5 rings (SSSR count). The molecule has 0 bridgehead atoms. The van der Waals surface area contributed by atoms with Crippen molar-refractivity contribution in [3.05, 3.63) is 40.8 Å². The number of aromatic amines is 1. The van der Waals surface area contributed by atoms with Gasteiger partial charge in [0.05, 0.1) is 17.1 Å². The van der Waals surface area contributed by atoms with Gasteiger partial charge in [-0.1, -0.05) is 0 Å². The van der Waals surface area contributed by atoms with Crippen LogP contribution >= 0.6 is 0 Å². The van der Waals surface area contributed by atoms with Crippen molar-refractivity contribution in [2.45, 2.75) is 30.2 Å². The molecule has 2 aromatic heterocycles. The Morgan fingerprint density at radius 1 is 1.16 bits per heavy atom. The number of aromatic nitrogens is 4. The van der Waals surface area contributed by atoms with Crippen LogP contribution in [0.2, 0.25) is 0 Å². The van der Waals surface area contributed by atoms with Gasteiger partial charge in [0.15, 0.2) is 9.84 Å². The lowest BCUT2D eigenvalue weighted by molar-refractivity contribution is 0.381. The zero-order valence-corrected chi connectivity index (χ0v) is 18.3. The van der Waals surface area contributed by atoms with Gasteiger partial charge >= 0.3 is 0 Å². The zero-order chi connectivity index (χ0) is 22.3. The average Bonchev–Trinajstić information content (AvgIpc) is 3.58. The number of hydrogen-bond donors (Lipinski definition) is 2. The number of sulfone groups is 1. The summed E-state index contributed by atoms with van der Waals surface area (Å²) in [5.41, 5.74) is 0.665. The Balaban J connectivity index is 1.44. The Morgan fingerprint density at radius 3 is 2.53 bits per heavy atom. The monoisotopic (exact) mass is 453 g/mol. The van der Waals surface area contributed by atoms with Crippen molar-refractivity contribution in [1.29, 1.82) is 0 Å². The molecule has 1 unspecified atom stereocenters. The summed E-state index contributed by atoms with van der Waals surface area (Å²) in [5.74, 6) is 1.55. The number of benzene rings is 1. The van der Waals surface area contributed by atoms with Crippen LogP contribution in [0.5, 0.6) is 0 Å². The summed E-state index contributed by atoms with van der Waals surface area (Å²) in [6, 6.07) is 6.76. The Labute approximate surface area is 184 Å². The minimum atomic E-state index is -3.29. The third kappa shape index (κ3) is 4.33. The number of anilines is 3. The van der Waals surface area contributed by atoms with Crippen molar-refractivity contribution < 1.29 is 8.42 Å². The maximum absolute atomic E-state index is 12.5. The molecule has 10 nitrogen and oxygen atoms in total. The van der Waals surface area contributed by atoms with Crippen LogP contribution in [0.4, 0.5) is 17.5 Å². The van der Waals surface area contributed by atoms with E-state index in [0.29, 0.717) is 40.3 Å². The number of rotatable bonds is 6. The van der Waals surface area contributed by atoms with Crippen LogP contribution in [0.25, 0.3) is 10.9 Å². The number of aliphatic imine (C=N–C) groups is 1. The van der Waals surface area contributed by atoms with Crippen molar-refractivity contribution in [2.24, 2.45) is 10.9 Å². The second-order valence-electron chi connectivity index (χ2n) is 8.28. The number of piperidine rings is 1. The standard InChI is InChI=1S/C21H23N7O3S/c1-32(30,31)16-4-2-14(3-5-16)24-19-18-17(12-23-27-20(18)29)25-21(26-19)28-8-6-13(7-9-28)10-15-11-22-15/h2-5,11-13,15H,6-10H2,1H3,(H,27,29)(H,24,25,26). The first kappa shape index (κ1) is 20.6. The van der Waals surface area contributed by atoms with E-state index in [1.165, 1.54) is 18.3 Å². The predicted molar refractivity (Wildman–Crippen MR) is 123 cm³/mol. The van der Waals surface area contributed by atoms with Crippen LogP contribution in [0, 0.1) is 5.92 Å². The van der Waals surface area contributed by atoms with Gasteiger partial charge in [-0.2, -0.15) is 10.1 Å². The minimum absolute atomic E-state index is 0.220. The molecule has 1 aromatic carbocycles. The Bertz CT molecular complexity index is 1340. The lowest BCUT2D eigenvalue weighted by Crippen LogP contribution is -2.35. The van der Waals surface area contributed by atoms with Gasteiger partial charge in [0.1, 0.15) is 16.7 Å². The third-order valence-electron chi connectivity index (χ3n) is 5.88. The van der Waals surface area contributed by atoms with E-state index in [-0.39, 0.29) is 4.90 Å². The van der Waals surface area contributed by atoms with E-state index in [4.69, 9.17) is 0 Å². The van der Waals surface area contributed by atoms with Crippen LogP contribution in [-0.2, 0) is 9.84 Å². The summed E-state index contributed by atoms with van der Waals surface area (Å²) in [5, 5.41) is 9.77. The zero-order valence-electron chi connectivity index (χ0n) is 17.5. The number of nitrogens with zero attached hydrogens (tertiary/aromatic N) is 5. The van der Waals surface area contributed by atoms with Crippen molar-refractivity contribution in [3.8, 4) is 0 Å². The normalized spacial score (nSPS) is 18.8. The van der Waals surface area contributed by atoms with Gasteiger partial charge in [0, 0.05) is 31.2 Å². The highest BCUT2D eigenvalue weighted by Crippen LogP contribution is 2.29. The fraction of sp³-hybridized carbons (Fsp3) is 0.381. The van der Waals surface area contributed by atoms with Crippen LogP contribution in [0.3, 0.4) is 0 Å². The third-order valence-corrected chi connectivity index (χ3v) is 7.01. The van der Waals surface area contributed by atoms with Crippen LogP contribution in [0.15, 0.2) is 45.1 Å².